The molecular weight excluding hydrogens is 166 g/mol. The van der Waals surface area contributed by atoms with Crippen LogP contribution >= 0.6 is 0 Å². The van der Waals surface area contributed by atoms with E-state index in [1.165, 1.54) is 12.8 Å². The number of ether oxygens (including phenoxy) is 1. The van der Waals surface area contributed by atoms with E-state index in [9.17, 15) is 4.79 Å². The van der Waals surface area contributed by atoms with Gasteiger partial charge in [0.2, 0.25) is 5.91 Å². The molecule has 0 unspecified atom stereocenters. The van der Waals surface area contributed by atoms with Crippen molar-refractivity contribution in [3.8, 4) is 0 Å². The van der Waals surface area contributed by atoms with Crippen LogP contribution in [0.5, 0.6) is 0 Å². The minimum Gasteiger partial charge on any atom is -0.375 e. The van der Waals surface area contributed by atoms with Crippen LogP contribution in [0, 0.1) is 5.92 Å². The van der Waals surface area contributed by atoms with Crippen molar-refractivity contribution in [2.45, 2.75) is 26.2 Å². The topological polar surface area (TPSA) is 29.5 Å². The maximum atomic E-state index is 11.5. The molecule has 1 aliphatic rings. The average molecular weight is 185 g/mol. The Morgan fingerprint density at radius 1 is 1.62 bits per heavy atom. The van der Waals surface area contributed by atoms with E-state index in [0.717, 1.165) is 19.5 Å². The molecule has 0 saturated carbocycles. The molecule has 0 N–H and O–H groups in total. The Labute approximate surface area is 80.1 Å². The van der Waals surface area contributed by atoms with Crippen molar-refractivity contribution in [1.29, 1.82) is 0 Å². The highest BCUT2D eigenvalue weighted by atomic mass is 16.5. The second-order valence-electron chi connectivity index (χ2n) is 3.69. The average Bonchev–Trinajstić information content (AvgIpc) is 2.18. The number of amides is 1. The molecule has 1 aliphatic heterocycles. The van der Waals surface area contributed by atoms with Crippen LogP contribution in [0.2, 0.25) is 0 Å². The number of carbonyl (C=O) groups excluding carboxylic acids is 1. The number of likely N-dealkylation sites (tertiary alicyclic amines) is 1. The molecule has 0 aliphatic carbocycles. The molecule has 13 heavy (non-hydrogen) atoms. The molecular formula is C10H19NO2. The lowest BCUT2D eigenvalue weighted by atomic mass is 9.96. The molecule has 0 aromatic carbocycles. The highest BCUT2D eigenvalue weighted by Gasteiger charge is 2.21. The second kappa shape index (κ2) is 5.22. The molecule has 1 saturated heterocycles. The zero-order valence-electron chi connectivity index (χ0n) is 8.58. The maximum absolute atomic E-state index is 11.5. The van der Waals surface area contributed by atoms with E-state index >= 15 is 0 Å². The predicted molar refractivity (Wildman–Crippen MR) is 51.5 cm³/mol. The van der Waals surface area contributed by atoms with E-state index < -0.39 is 0 Å². The Kier molecular flexibility index (Phi) is 4.22. The van der Waals surface area contributed by atoms with Gasteiger partial charge in [-0.1, -0.05) is 13.3 Å². The van der Waals surface area contributed by atoms with Crippen molar-refractivity contribution in [2.75, 3.05) is 26.8 Å². The molecule has 3 nitrogen and oxygen atoms in total. The summed E-state index contributed by atoms with van der Waals surface area (Å²) < 4.78 is 4.83. The molecule has 3 heteroatoms. The Morgan fingerprint density at radius 2 is 2.38 bits per heavy atom. The summed E-state index contributed by atoms with van der Waals surface area (Å²) in [5.74, 6) is 0.843. The fraction of sp³-hybridized carbons (Fsp3) is 0.900. The summed E-state index contributed by atoms with van der Waals surface area (Å²) in [6, 6.07) is 0. The number of carbonyl (C=O) groups is 1. The summed E-state index contributed by atoms with van der Waals surface area (Å²) in [6.07, 6.45) is 3.60. The number of hydrogen-bond donors (Lipinski definition) is 0. The fourth-order valence-corrected chi connectivity index (χ4v) is 1.84. The number of hydrogen-bond acceptors (Lipinski definition) is 2. The molecule has 0 bridgehead atoms. The summed E-state index contributed by atoms with van der Waals surface area (Å²) in [5, 5.41) is 0. The summed E-state index contributed by atoms with van der Waals surface area (Å²) in [5.41, 5.74) is 0. The number of nitrogens with zero attached hydrogens (tertiary/aromatic N) is 1. The fourth-order valence-electron chi connectivity index (χ4n) is 1.84. The minimum atomic E-state index is 0.139. The van der Waals surface area contributed by atoms with Crippen molar-refractivity contribution < 1.29 is 9.53 Å². The standard InChI is InChI=1S/C10H19NO2/c1-3-9-5-4-6-11(7-9)10(12)8-13-2/h9H,3-8H2,1-2H3/t9-/m0/s1. The van der Waals surface area contributed by atoms with Gasteiger partial charge in [-0.25, -0.2) is 0 Å². The Hall–Kier alpha value is -0.570. The predicted octanol–water partition coefficient (Wildman–Crippen LogP) is 1.28. The van der Waals surface area contributed by atoms with Crippen molar-refractivity contribution in [1.82, 2.24) is 4.90 Å². The van der Waals surface area contributed by atoms with Crippen molar-refractivity contribution in [2.24, 2.45) is 5.92 Å². The Balaban J connectivity index is 2.37. The molecule has 1 atom stereocenters. The number of rotatable bonds is 3. The van der Waals surface area contributed by atoms with Gasteiger partial charge in [0.15, 0.2) is 0 Å². The highest BCUT2D eigenvalue weighted by molar-refractivity contribution is 5.77. The summed E-state index contributed by atoms with van der Waals surface area (Å²) in [6.45, 7) is 4.27. The van der Waals surface area contributed by atoms with Gasteiger partial charge in [-0.05, 0) is 18.8 Å². The quantitative estimate of drug-likeness (QED) is 0.663. The molecule has 0 aromatic rings. The van der Waals surface area contributed by atoms with Crippen molar-refractivity contribution >= 4 is 5.91 Å². The van der Waals surface area contributed by atoms with Gasteiger partial charge in [0.25, 0.3) is 0 Å². The monoisotopic (exact) mass is 185 g/mol. The molecule has 0 radical (unpaired) electrons. The molecule has 1 amide bonds. The van der Waals surface area contributed by atoms with Crippen molar-refractivity contribution in [3.63, 3.8) is 0 Å². The van der Waals surface area contributed by atoms with Crippen molar-refractivity contribution in [3.05, 3.63) is 0 Å². The summed E-state index contributed by atoms with van der Waals surface area (Å²) in [7, 11) is 1.57. The first kappa shape index (κ1) is 10.5. The Morgan fingerprint density at radius 3 is 3.00 bits per heavy atom. The maximum Gasteiger partial charge on any atom is 0.248 e. The summed E-state index contributed by atoms with van der Waals surface area (Å²) in [4.78, 5) is 13.4. The molecule has 76 valence electrons. The van der Waals surface area contributed by atoms with Gasteiger partial charge in [-0.15, -0.1) is 0 Å². The smallest absolute Gasteiger partial charge is 0.248 e. The van der Waals surface area contributed by atoms with Crippen LogP contribution in [0.3, 0.4) is 0 Å². The van der Waals surface area contributed by atoms with Gasteiger partial charge in [-0.3, -0.25) is 4.79 Å². The number of piperidine rings is 1. The van der Waals surface area contributed by atoms with E-state index in [4.69, 9.17) is 4.74 Å². The van der Waals surface area contributed by atoms with Gasteiger partial charge < -0.3 is 9.64 Å². The van der Waals surface area contributed by atoms with Crippen LogP contribution in [0.15, 0.2) is 0 Å². The molecule has 1 rings (SSSR count). The van der Waals surface area contributed by atoms with Crippen LogP contribution in [-0.2, 0) is 9.53 Å². The zero-order valence-corrected chi connectivity index (χ0v) is 8.58. The van der Waals surface area contributed by atoms with Crippen LogP contribution in [0.25, 0.3) is 0 Å². The first-order valence-electron chi connectivity index (χ1n) is 5.04. The lowest BCUT2D eigenvalue weighted by Crippen LogP contribution is -2.41. The first-order valence-corrected chi connectivity index (χ1v) is 5.04. The lowest BCUT2D eigenvalue weighted by Gasteiger charge is -2.32. The van der Waals surface area contributed by atoms with E-state index in [1.54, 1.807) is 7.11 Å². The van der Waals surface area contributed by atoms with Gasteiger partial charge in [0.1, 0.15) is 6.61 Å². The molecule has 0 aromatic heterocycles. The Bertz CT molecular complexity index is 170. The molecule has 0 spiro atoms. The molecule has 1 heterocycles. The largest absolute Gasteiger partial charge is 0.375 e. The van der Waals surface area contributed by atoms with Crippen LogP contribution in [0.4, 0.5) is 0 Å². The van der Waals surface area contributed by atoms with Gasteiger partial charge in [-0.2, -0.15) is 0 Å². The van der Waals surface area contributed by atoms with Crippen LogP contribution < -0.4 is 0 Å². The van der Waals surface area contributed by atoms with E-state index in [2.05, 4.69) is 6.92 Å². The van der Waals surface area contributed by atoms with Gasteiger partial charge in [0, 0.05) is 20.2 Å². The zero-order chi connectivity index (χ0) is 9.68. The van der Waals surface area contributed by atoms with Gasteiger partial charge >= 0.3 is 0 Å². The molecule has 1 fully saturated rings. The third-order valence-corrected chi connectivity index (χ3v) is 2.72. The van der Waals surface area contributed by atoms with E-state index in [0.29, 0.717) is 5.92 Å². The minimum absolute atomic E-state index is 0.139. The third-order valence-electron chi connectivity index (χ3n) is 2.72. The van der Waals surface area contributed by atoms with Gasteiger partial charge in [0.05, 0.1) is 0 Å². The third kappa shape index (κ3) is 2.99. The van der Waals surface area contributed by atoms with E-state index in [1.807, 2.05) is 4.90 Å². The van der Waals surface area contributed by atoms with Crippen LogP contribution in [-0.4, -0.2) is 37.6 Å². The SMILES string of the molecule is CC[C@H]1CCCN(C(=O)COC)C1. The first-order chi connectivity index (χ1) is 6.27. The second-order valence-corrected chi connectivity index (χ2v) is 3.69. The highest BCUT2D eigenvalue weighted by Crippen LogP contribution is 2.18. The number of methoxy groups -OCH3 is 1. The van der Waals surface area contributed by atoms with E-state index in [-0.39, 0.29) is 12.5 Å². The van der Waals surface area contributed by atoms with Crippen LogP contribution in [0.1, 0.15) is 26.2 Å². The lowest BCUT2D eigenvalue weighted by molar-refractivity contribution is -0.136. The summed E-state index contributed by atoms with van der Waals surface area (Å²) >= 11 is 0. The normalized spacial score (nSPS) is 23.2.